The van der Waals surface area contributed by atoms with Gasteiger partial charge in [0, 0.05) is 42.9 Å². The van der Waals surface area contributed by atoms with Crippen LogP contribution < -0.4 is 5.56 Å². The third-order valence-corrected chi connectivity index (χ3v) is 6.11. The fourth-order valence-corrected chi connectivity index (χ4v) is 4.19. The highest BCUT2D eigenvalue weighted by Crippen LogP contribution is 2.30. The number of nitrogens with zero attached hydrogens (tertiary/aromatic N) is 3. The minimum Gasteiger partial charge on any atom is -0.396 e. The maximum atomic E-state index is 13.2. The highest BCUT2D eigenvalue weighted by molar-refractivity contribution is 5.77. The van der Waals surface area contributed by atoms with Crippen molar-refractivity contribution in [1.82, 2.24) is 14.5 Å². The molecule has 1 aromatic carbocycles. The molecule has 1 heterocycles. The van der Waals surface area contributed by atoms with Crippen LogP contribution in [0.3, 0.4) is 0 Å². The molecule has 174 valence electrons. The van der Waals surface area contributed by atoms with Crippen molar-refractivity contribution in [3.63, 3.8) is 0 Å². The van der Waals surface area contributed by atoms with E-state index in [4.69, 9.17) is 0 Å². The molecule has 0 aliphatic heterocycles. The van der Waals surface area contributed by atoms with E-state index >= 15 is 0 Å². The molecule has 1 amide bonds. The number of benzene rings is 1. The van der Waals surface area contributed by atoms with Crippen LogP contribution in [0, 0.1) is 6.92 Å². The highest BCUT2D eigenvalue weighted by Gasteiger charge is 2.30. The number of carbonyl (C=O) groups excluding carboxylic acids is 1. The van der Waals surface area contributed by atoms with Crippen LogP contribution in [0.15, 0.2) is 29.1 Å². The zero-order chi connectivity index (χ0) is 23.5. The maximum Gasteiger partial charge on any atom is 0.416 e. The van der Waals surface area contributed by atoms with Crippen LogP contribution in [0.2, 0.25) is 0 Å². The molecule has 0 unspecified atom stereocenters. The molecule has 32 heavy (non-hydrogen) atoms. The highest BCUT2D eigenvalue weighted by atomic mass is 19.4. The molecule has 1 N–H and O–H groups in total. The molecule has 3 rings (SSSR count). The minimum atomic E-state index is -4.48. The lowest BCUT2D eigenvalue weighted by molar-refractivity contribution is -0.137. The number of rotatable bonds is 6. The molecule has 1 aliphatic carbocycles. The standard InChI is InChI=1S/C23H28F3N3O3/c1-15-19(12-13-30)22(32)29(14-20(31)28(2)18-6-4-3-5-7-18)21(27-15)16-8-10-17(11-9-16)23(24,25)26/h8-11,18,30H,3-7,12-14H2,1-2H3. The predicted octanol–water partition coefficient (Wildman–Crippen LogP) is 3.56. The Bertz CT molecular complexity index is 1010. The molecule has 0 atom stereocenters. The SMILES string of the molecule is Cc1nc(-c2ccc(C(F)(F)F)cc2)n(CC(=O)N(C)C2CCCCC2)c(=O)c1CCO. The van der Waals surface area contributed by atoms with Crippen molar-refractivity contribution in [2.24, 2.45) is 0 Å². The molecule has 0 radical (unpaired) electrons. The lowest BCUT2D eigenvalue weighted by atomic mass is 9.94. The first kappa shape index (κ1) is 24.0. The van der Waals surface area contributed by atoms with Gasteiger partial charge in [-0.1, -0.05) is 31.4 Å². The number of aromatic nitrogens is 2. The molecule has 1 aromatic heterocycles. The number of amides is 1. The molecule has 1 fully saturated rings. The van der Waals surface area contributed by atoms with E-state index in [-0.39, 0.29) is 42.9 Å². The number of hydrogen-bond acceptors (Lipinski definition) is 4. The summed E-state index contributed by atoms with van der Waals surface area (Å²) in [5, 5.41) is 9.34. The van der Waals surface area contributed by atoms with E-state index in [0.29, 0.717) is 11.3 Å². The molecule has 1 saturated carbocycles. The van der Waals surface area contributed by atoms with Gasteiger partial charge < -0.3 is 10.0 Å². The summed E-state index contributed by atoms with van der Waals surface area (Å²) in [6.07, 6.45) is 0.651. The Labute approximate surface area is 184 Å². The van der Waals surface area contributed by atoms with Crippen LogP contribution in [0.5, 0.6) is 0 Å². The lowest BCUT2D eigenvalue weighted by Gasteiger charge is -2.31. The van der Waals surface area contributed by atoms with Crippen molar-refractivity contribution < 1.29 is 23.1 Å². The fourth-order valence-electron chi connectivity index (χ4n) is 4.19. The topological polar surface area (TPSA) is 75.4 Å². The van der Waals surface area contributed by atoms with E-state index in [0.717, 1.165) is 44.2 Å². The summed E-state index contributed by atoms with van der Waals surface area (Å²) in [6.45, 7) is 1.08. The Morgan fingerprint density at radius 1 is 1.19 bits per heavy atom. The summed E-state index contributed by atoms with van der Waals surface area (Å²) in [6, 6.07) is 4.47. The molecule has 0 saturated heterocycles. The third kappa shape index (κ3) is 5.20. The predicted molar refractivity (Wildman–Crippen MR) is 114 cm³/mol. The van der Waals surface area contributed by atoms with Crippen molar-refractivity contribution in [3.05, 3.63) is 51.4 Å². The first-order valence-corrected chi connectivity index (χ1v) is 10.8. The van der Waals surface area contributed by atoms with Gasteiger partial charge in [0.15, 0.2) is 0 Å². The van der Waals surface area contributed by atoms with Gasteiger partial charge in [-0.25, -0.2) is 4.98 Å². The van der Waals surface area contributed by atoms with Gasteiger partial charge in [0.05, 0.1) is 5.56 Å². The van der Waals surface area contributed by atoms with Crippen molar-refractivity contribution in [2.45, 2.75) is 64.2 Å². The lowest BCUT2D eigenvalue weighted by Crippen LogP contribution is -2.42. The number of halogens is 3. The summed E-state index contributed by atoms with van der Waals surface area (Å²) in [5.74, 6) is -0.124. The van der Waals surface area contributed by atoms with Crippen LogP contribution in [0.25, 0.3) is 11.4 Å². The molecule has 0 bridgehead atoms. The van der Waals surface area contributed by atoms with Crippen LogP contribution in [-0.4, -0.2) is 45.2 Å². The van der Waals surface area contributed by atoms with Gasteiger partial charge in [0.25, 0.3) is 5.56 Å². The van der Waals surface area contributed by atoms with E-state index < -0.39 is 17.3 Å². The van der Waals surface area contributed by atoms with Crippen LogP contribution in [0.4, 0.5) is 13.2 Å². The molecule has 6 nitrogen and oxygen atoms in total. The zero-order valence-corrected chi connectivity index (χ0v) is 18.3. The largest absolute Gasteiger partial charge is 0.416 e. The number of aliphatic hydroxyl groups is 1. The van der Waals surface area contributed by atoms with Crippen LogP contribution in [-0.2, 0) is 23.9 Å². The zero-order valence-electron chi connectivity index (χ0n) is 18.3. The minimum absolute atomic E-state index is 0.0810. The average molecular weight is 451 g/mol. The number of aryl methyl sites for hydroxylation is 1. The maximum absolute atomic E-state index is 13.2. The monoisotopic (exact) mass is 451 g/mol. The van der Waals surface area contributed by atoms with Gasteiger partial charge in [-0.3, -0.25) is 14.2 Å². The Balaban J connectivity index is 2.01. The van der Waals surface area contributed by atoms with Crippen molar-refractivity contribution >= 4 is 5.91 Å². The van der Waals surface area contributed by atoms with Crippen molar-refractivity contribution in [2.75, 3.05) is 13.7 Å². The summed E-state index contributed by atoms with van der Waals surface area (Å²) in [7, 11) is 1.72. The van der Waals surface area contributed by atoms with E-state index in [9.17, 15) is 27.9 Å². The summed E-state index contributed by atoms with van der Waals surface area (Å²) in [4.78, 5) is 32.3. The second kappa shape index (κ2) is 9.85. The molecule has 2 aromatic rings. The van der Waals surface area contributed by atoms with Crippen molar-refractivity contribution in [1.29, 1.82) is 0 Å². The number of aliphatic hydroxyl groups excluding tert-OH is 1. The Hall–Kier alpha value is -2.68. The third-order valence-electron chi connectivity index (χ3n) is 6.11. The molecular weight excluding hydrogens is 423 g/mol. The van der Waals surface area contributed by atoms with Gasteiger partial charge in [-0.15, -0.1) is 0 Å². The summed E-state index contributed by atoms with van der Waals surface area (Å²) < 4.78 is 40.1. The van der Waals surface area contributed by atoms with E-state index in [2.05, 4.69) is 4.98 Å². The van der Waals surface area contributed by atoms with Gasteiger partial charge in [-0.05, 0) is 31.9 Å². The summed E-state index contributed by atoms with van der Waals surface area (Å²) >= 11 is 0. The van der Waals surface area contributed by atoms with Gasteiger partial charge in [-0.2, -0.15) is 13.2 Å². The second-order valence-corrected chi connectivity index (χ2v) is 8.24. The second-order valence-electron chi connectivity index (χ2n) is 8.24. The van der Waals surface area contributed by atoms with Gasteiger partial charge in [0.2, 0.25) is 5.91 Å². The summed E-state index contributed by atoms with van der Waals surface area (Å²) in [5.41, 5.74) is -0.301. The van der Waals surface area contributed by atoms with Gasteiger partial charge >= 0.3 is 6.18 Å². The Morgan fingerprint density at radius 3 is 2.38 bits per heavy atom. The van der Waals surface area contributed by atoms with E-state index in [1.165, 1.54) is 16.7 Å². The molecule has 9 heteroatoms. The number of alkyl halides is 3. The van der Waals surface area contributed by atoms with E-state index in [1.807, 2.05) is 0 Å². The Kier molecular flexibility index (Phi) is 7.38. The Morgan fingerprint density at radius 2 is 1.81 bits per heavy atom. The number of carbonyl (C=O) groups is 1. The normalized spacial score (nSPS) is 15.1. The number of hydrogen-bond donors (Lipinski definition) is 1. The first-order chi connectivity index (χ1) is 15.1. The van der Waals surface area contributed by atoms with Crippen LogP contribution in [0.1, 0.15) is 48.9 Å². The van der Waals surface area contributed by atoms with Gasteiger partial charge in [0.1, 0.15) is 12.4 Å². The van der Waals surface area contributed by atoms with Crippen LogP contribution >= 0.6 is 0 Å². The molecular formula is C23H28F3N3O3. The number of likely N-dealkylation sites (N-methyl/N-ethyl adjacent to an activating group) is 1. The first-order valence-electron chi connectivity index (χ1n) is 10.8. The van der Waals surface area contributed by atoms with Crippen molar-refractivity contribution in [3.8, 4) is 11.4 Å². The fraction of sp³-hybridized carbons (Fsp3) is 0.522. The molecule has 0 spiro atoms. The average Bonchev–Trinajstić information content (AvgIpc) is 2.77. The van der Waals surface area contributed by atoms with E-state index in [1.54, 1.807) is 18.9 Å². The smallest absolute Gasteiger partial charge is 0.396 e. The molecule has 1 aliphatic rings. The quantitative estimate of drug-likeness (QED) is 0.729.